The topological polar surface area (TPSA) is 76.2 Å². The van der Waals surface area contributed by atoms with Gasteiger partial charge in [0.1, 0.15) is 5.41 Å². The maximum Gasteiger partial charge on any atom is 0.315 e. The Kier molecular flexibility index (Phi) is 2.42. The van der Waals surface area contributed by atoms with Gasteiger partial charge in [0.2, 0.25) is 0 Å². The first-order chi connectivity index (χ1) is 7.60. The lowest BCUT2D eigenvalue weighted by Gasteiger charge is -2.37. The summed E-state index contributed by atoms with van der Waals surface area (Å²) >= 11 is 0. The minimum Gasteiger partial charge on any atom is -0.481 e. The molecule has 0 unspecified atom stereocenters. The van der Waals surface area contributed by atoms with Gasteiger partial charge in [-0.25, -0.2) is 0 Å². The number of anilines is 1. The summed E-state index contributed by atoms with van der Waals surface area (Å²) in [7, 11) is 0. The van der Waals surface area contributed by atoms with Crippen LogP contribution in [0.15, 0.2) is 18.7 Å². The van der Waals surface area contributed by atoms with Crippen LogP contribution in [-0.2, 0) is 10.2 Å². The van der Waals surface area contributed by atoms with Crippen molar-refractivity contribution >= 4 is 17.7 Å². The molecule has 1 heterocycles. The molecule has 3 N–H and O–H groups in total. The lowest BCUT2D eigenvalue weighted by atomic mass is 9.66. The second-order valence-electron chi connectivity index (χ2n) is 4.12. The van der Waals surface area contributed by atoms with Gasteiger partial charge in [0, 0.05) is 0 Å². The number of nitrogen functional groups attached to an aromatic ring is 1. The van der Waals surface area contributed by atoms with Crippen LogP contribution in [0.1, 0.15) is 30.7 Å². The van der Waals surface area contributed by atoms with Crippen LogP contribution in [0, 0.1) is 0 Å². The fraction of sp³-hybridized carbons (Fsp3) is 0.333. The largest absolute Gasteiger partial charge is 0.481 e. The molecule has 0 bridgehead atoms. The van der Waals surface area contributed by atoms with Crippen molar-refractivity contribution in [3.8, 4) is 0 Å². The summed E-state index contributed by atoms with van der Waals surface area (Å²) in [5.41, 5.74) is 6.58. The Morgan fingerprint density at radius 3 is 2.69 bits per heavy atom. The van der Waals surface area contributed by atoms with Crippen molar-refractivity contribution in [1.82, 2.24) is 4.98 Å². The van der Waals surface area contributed by atoms with E-state index in [4.69, 9.17) is 5.73 Å². The highest BCUT2D eigenvalue weighted by molar-refractivity contribution is 5.82. The monoisotopic (exact) mass is 218 g/mol. The minimum absolute atomic E-state index is 0.526. The van der Waals surface area contributed by atoms with Crippen LogP contribution in [0.4, 0.5) is 5.69 Å². The molecule has 0 spiro atoms. The molecule has 0 radical (unpaired) electrons. The highest BCUT2D eigenvalue weighted by Crippen LogP contribution is 2.43. The molecule has 1 saturated carbocycles. The maximum atomic E-state index is 11.3. The van der Waals surface area contributed by atoms with E-state index in [0.717, 1.165) is 6.42 Å². The third-order valence-corrected chi connectivity index (χ3v) is 3.26. The Balaban J connectivity index is 2.47. The number of rotatable bonds is 3. The molecule has 1 aromatic heterocycles. The van der Waals surface area contributed by atoms with Gasteiger partial charge in [-0.3, -0.25) is 9.78 Å². The first kappa shape index (κ1) is 10.7. The molecular weight excluding hydrogens is 204 g/mol. The van der Waals surface area contributed by atoms with Crippen LogP contribution in [0.3, 0.4) is 0 Å². The summed E-state index contributed by atoms with van der Waals surface area (Å²) in [6, 6.07) is 3.40. The van der Waals surface area contributed by atoms with Crippen LogP contribution in [0.5, 0.6) is 0 Å². The van der Waals surface area contributed by atoms with E-state index >= 15 is 0 Å². The maximum absolute atomic E-state index is 11.3. The average Bonchev–Trinajstić information content (AvgIpc) is 2.18. The molecule has 84 valence electrons. The van der Waals surface area contributed by atoms with Gasteiger partial charge in [0.15, 0.2) is 0 Å². The van der Waals surface area contributed by atoms with Gasteiger partial charge in [-0.2, -0.15) is 0 Å². The molecule has 4 heteroatoms. The van der Waals surface area contributed by atoms with Gasteiger partial charge in [-0.1, -0.05) is 13.0 Å². The van der Waals surface area contributed by atoms with E-state index in [1.807, 2.05) is 0 Å². The average molecular weight is 218 g/mol. The number of aliphatic carboxylic acids is 1. The Labute approximate surface area is 93.8 Å². The summed E-state index contributed by atoms with van der Waals surface area (Å²) in [5.74, 6) is -0.800. The van der Waals surface area contributed by atoms with Crippen LogP contribution in [0.2, 0.25) is 0 Å². The van der Waals surface area contributed by atoms with Gasteiger partial charge >= 0.3 is 5.97 Å². The second-order valence-corrected chi connectivity index (χ2v) is 4.12. The summed E-state index contributed by atoms with van der Waals surface area (Å²) in [6.07, 6.45) is 3.78. The van der Waals surface area contributed by atoms with E-state index in [0.29, 0.717) is 29.9 Å². The zero-order chi connectivity index (χ0) is 11.8. The first-order valence-electron chi connectivity index (χ1n) is 5.23. The van der Waals surface area contributed by atoms with Crippen LogP contribution < -0.4 is 5.73 Å². The molecule has 0 aliphatic heterocycles. The molecule has 4 nitrogen and oxygen atoms in total. The van der Waals surface area contributed by atoms with Gasteiger partial charge in [0.25, 0.3) is 0 Å². The number of hydrogen-bond donors (Lipinski definition) is 2. The zero-order valence-corrected chi connectivity index (χ0v) is 8.94. The SMILES string of the molecule is C=Cc1nc(C2(C(=O)O)CCC2)ccc1N. The molecule has 1 aliphatic rings. The van der Waals surface area contributed by atoms with Crippen molar-refractivity contribution in [3.63, 3.8) is 0 Å². The Hall–Kier alpha value is -1.84. The number of carboxylic acid groups (broad SMARTS) is 1. The van der Waals surface area contributed by atoms with E-state index in [9.17, 15) is 9.90 Å². The summed E-state index contributed by atoms with van der Waals surface area (Å²) in [5, 5.41) is 9.27. The predicted molar refractivity (Wildman–Crippen MR) is 61.9 cm³/mol. The van der Waals surface area contributed by atoms with Crippen molar-refractivity contribution in [2.24, 2.45) is 0 Å². The fourth-order valence-electron chi connectivity index (χ4n) is 2.03. The smallest absolute Gasteiger partial charge is 0.315 e. The Morgan fingerprint density at radius 2 is 2.25 bits per heavy atom. The van der Waals surface area contributed by atoms with E-state index in [1.54, 1.807) is 18.2 Å². The molecule has 1 fully saturated rings. The standard InChI is InChI=1S/C12H14N2O2/c1-2-9-8(13)4-5-10(14-9)12(11(15)16)6-3-7-12/h2,4-5H,1,3,6-7,13H2,(H,15,16). The molecule has 1 aromatic rings. The molecular formula is C12H14N2O2. The highest BCUT2D eigenvalue weighted by atomic mass is 16.4. The number of carboxylic acids is 1. The quantitative estimate of drug-likeness (QED) is 0.811. The number of nitrogens with zero attached hydrogens (tertiary/aromatic N) is 1. The van der Waals surface area contributed by atoms with Crippen molar-refractivity contribution in [2.45, 2.75) is 24.7 Å². The lowest BCUT2D eigenvalue weighted by molar-refractivity contribution is -0.147. The number of pyridine rings is 1. The second kappa shape index (κ2) is 3.63. The van der Waals surface area contributed by atoms with Crippen LogP contribution >= 0.6 is 0 Å². The van der Waals surface area contributed by atoms with E-state index in [2.05, 4.69) is 11.6 Å². The van der Waals surface area contributed by atoms with Crippen molar-refractivity contribution < 1.29 is 9.90 Å². The van der Waals surface area contributed by atoms with Gasteiger partial charge < -0.3 is 10.8 Å². The van der Waals surface area contributed by atoms with Gasteiger partial charge in [-0.05, 0) is 31.1 Å². The number of aromatic nitrogens is 1. The Morgan fingerprint density at radius 1 is 1.56 bits per heavy atom. The van der Waals surface area contributed by atoms with E-state index in [1.165, 1.54) is 0 Å². The fourth-order valence-corrected chi connectivity index (χ4v) is 2.03. The van der Waals surface area contributed by atoms with Crippen LogP contribution in [0.25, 0.3) is 6.08 Å². The highest BCUT2D eigenvalue weighted by Gasteiger charge is 2.47. The number of hydrogen-bond acceptors (Lipinski definition) is 3. The summed E-state index contributed by atoms with van der Waals surface area (Å²) < 4.78 is 0. The first-order valence-corrected chi connectivity index (χ1v) is 5.23. The van der Waals surface area contributed by atoms with Gasteiger partial charge in [-0.15, -0.1) is 0 Å². The summed E-state index contributed by atoms with van der Waals surface area (Å²) in [4.78, 5) is 15.6. The normalized spacial score (nSPS) is 17.5. The third-order valence-electron chi connectivity index (χ3n) is 3.26. The molecule has 16 heavy (non-hydrogen) atoms. The van der Waals surface area contributed by atoms with Crippen LogP contribution in [-0.4, -0.2) is 16.1 Å². The molecule has 1 aliphatic carbocycles. The van der Waals surface area contributed by atoms with E-state index < -0.39 is 11.4 Å². The molecule has 0 saturated heterocycles. The third kappa shape index (κ3) is 1.38. The van der Waals surface area contributed by atoms with E-state index in [-0.39, 0.29) is 0 Å². The number of carbonyl (C=O) groups is 1. The molecule has 0 atom stereocenters. The van der Waals surface area contributed by atoms with Crippen molar-refractivity contribution in [2.75, 3.05) is 5.73 Å². The molecule has 0 amide bonds. The minimum atomic E-state index is -0.800. The zero-order valence-electron chi connectivity index (χ0n) is 8.94. The summed E-state index contributed by atoms with van der Waals surface area (Å²) in [6.45, 7) is 3.61. The number of nitrogens with two attached hydrogens (primary N) is 1. The van der Waals surface area contributed by atoms with Crippen molar-refractivity contribution in [3.05, 3.63) is 30.1 Å². The lowest BCUT2D eigenvalue weighted by Crippen LogP contribution is -2.43. The Bertz CT molecular complexity index is 450. The van der Waals surface area contributed by atoms with Crippen molar-refractivity contribution in [1.29, 1.82) is 0 Å². The molecule has 2 rings (SSSR count). The molecule has 0 aromatic carbocycles. The predicted octanol–water partition coefficient (Wildman–Crippen LogP) is 1.81. The van der Waals surface area contributed by atoms with Gasteiger partial charge in [0.05, 0.1) is 17.1 Å².